The van der Waals surface area contributed by atoms with Gasteiger partial charge in [-0.05, 0) is 47.9 Å². The van der Waals surface area contributed by atoms with E-state index >= 15 is 0 Å². The van der Waals surface area contributed by atoms with Crippen molar-refractivity contribution < 1.29 is 21.6 Å². The van der Waals surface area contributed by atoms with Gasteiger partial charge in [0.15, 0.2) is 21.3 Å². The lowest BCUT2D eigenvalue weighted by molar-refractivity contribution is -0.137. The zero-order valence-corrected chi connectivity index (χ0v) is 19.5. The Morgan fingerprint density at radius 2 is 1.79 bits per heavy atom. The van der Waals surface area contributed by atoms with Gasteiger partial charge in [-0.2, -0.15) is 17.9 Å². The molecule has 0 aliphatic carbocycles. The lowest BCUT2D eigenvalue weighted by Crippen LogP contribution is -2.23. The van der Waals surface area contributed by atoms with Crippen LogP contribution in [0.2, 0.25) is 5.02 Å². The molecule has 0 radical (unpaired) electrons. The predicted octanol–water partition coefficient (Wildman–Crippen LogP) is 4.58. The molecule has 178 valence electrons. The summed E-state index contributed by atoms with van der Waals surface area (Å²) in [6, 6.07) is 8.43. The van der Waals surface area contributed by atoms with Crippen LogP contribution in [0.5, 0.6) is 0 Å². The highest BCUT2D eigenvalue weighted by molar-refractivity contribution is 7.91. The Kier molecular flexibility index (Phi) is 6.03. The molecule has 0 fully saturated rings. The summed E-state index contributed by atoms with van der Waals surface area (Å²) in [5.74, 6) is -0.579. The third-order valence-electron chi connectivity index (χ3n) is 5.35. The van der Waals surface area contributed by atoms with Crippen molar-refractivity contribution in [2.75, 3.05) is 5.75 Å². The number of aryl methyl sites for hydroxylation is 1. The highest BCUT2D eigenvalue weighted by atomic mass is 35.5. The van der Waals surface area contributed by atoms with E-state index in [0.29, 0.717) is 37.8 Å². The largest absolute Gasteiger partial charge is 0.417 e. The molecule has 0 aliphatic rings. The average Bonchev–Trinajstić information content (AvgIpc) is 3.14. The first kappa shape index (κ1) is 24.0. The van der Waals surface area contributed by atoms with Gasteiger partial charge in [0.05, 0.1) is 11.3 Å². The van der Waals surface area contributed by atoms with Gasteiger partial charge in [-0.1, -0.05) is 31.5 Å². The van der Waals surface area contributed by atoms with Gasteiger partial charge in [0, 0.05) is 23.0 Å². The molecule has 3 heterocycles. The lowest BCUT2D eigenvalue weighted by Gasteiger charge is -2.11. The molecule has 3 aromatic heterocycles. The molecule has 0 saturated heterocycles. The molecule has 4 rings (SSSR count). The van der Waals surface area contributed by atoms with Crippen LogP contribution in [-0.2, 0) is 22.4 Å². The molecule has 4 aromatic rings. The zero-order valence-electron chi connectivity index (χ0n) is 18.0. The van der Waals surface area contributed by atoms with Crippen LogP contribution >= 0.6 is 11.6 Å². The maximum Gasteiger partial charge on any atom is 0.417 e. The van der Waals surface area contributed by atoms with Crippen LogP contribution in [-0.4, -0.2) is 33.3 Å². The Morgan fingerprint density at radius 1 is 1.06 bits per heavy atom. The zero-order chi connectivity index (χ0) is 24.8. The monoisotopic (exact) mass is 510 g/mol. The molecule has 12 heteroatoms. The fourth-order valence-electron chi connectivity index (χ4n) is 3.44. The minimum absolute atomic E-state index is 0.0889. The van der Waals surface area contributed by atoms with E-state index in [9.17, 15) is 26.4 Å². The van der Waals surface area contributed by atoms with Crippen LogP contribution in [0.1, 0.15) is 25.0 Å². The Hall–Kier alpha value is -3.18. The molecular weight excluding hydrogens is 493 g/mol. The summed E-state index contributed by atoms with van der Waals surface area (Å²) in [7, 11) is -3.89. The van der Waals surface area contributed by atoms with Crippen LogP contribution < -0.4 is 5.69 Å². The van der Waals surface area contributed by atoms with Crippen LogP contribution in [0.15, 0.2) is 58.5 Å². The molecule has 0 atom stereocenters. The summed E-state index contributed by atoms with van der Waals surface area (Å²) < 4.78 is 66.5. The normalized spacial score (nSPS) is 12.4. The third kappa shape index (κ3) is 4.21. The summed E-state index contributed by atoms with van der Waals surface area (Å²) in [6.45, 7) is 3.37. The second-order valence-corrected chi connectivity index (χ2v) is 10.1. The first-order chi connectivity index (χ1) is 16.0. The minimum Gasteiger partial charge on any atom is -0.249 e. The predicted molar refractivity (Wildman–Crippen MR) is 121 cm³/mol. The number of benzene rings is 1. The quantitative estimate of drug-likeness (QED) is 0.392. The van der Waals surface area contributed by atoms with Gasteiger partial charge < -0.3 is 0 Å². The second kappa shape index (κ2) is 8.55. The molecule has 0 saturated carbocycles. The average molecular weight is 511 g/mol. The van der Waals surface area contributed by atoms with Gasteiger partial charge in [-0.15, -0.1) is 5.10 Å². The topological polar surface area (TPSA) is 86.3 Å². The molecule has 0 spiro atoms. The maximum atomic E-state index is 13.1. The van der Waals surface area contributed by atoms with Crippen molar-refractivity contribution in [1.82, 2.24) is 19.2 Å². The molecule has 0 unspecified atom stereocenters. The van der Waals surface area contributed by atoms with Crippen LogP contribution in [0.4, 0.5) is 13.2 Å². The number of nitrogens with zero attached hydrogens (tertiary/aromatic N) is 4. The van der Waals surface area contributed by atoms with Crippen molar-refractivity contribution in [3.05, 3.63) is 75.4 Å². The molecule has 34 heavy (non-hydrogen) atoms. The summed E-state index contributed by atoms with van der Waals surface area (Å²) >= 11 is 6.18. The Balaban J connectivity index is 1.94. The van der Waals surface area contributed by atoms with Gasteiger partial charge in [0.25, 0.3) is 0 Å². The van der Waals surface area contributed by atoms with E-state index < -0.39 is 27.3 Å². The third-order valence-corrected chi connectivity index (χ3v) is 7.45. The van der Waals surface area contributed by atoms with E-state index in [-0.39, 0.29) is 22.1 Å². The number of sulfone groups is 1. The van der Waals surface area contributed by atoms with Gasteiger partial charge >= 0.3 is 11.9 Å². The van der Waals surface area contributed by atoms with E-state index in [0.717, 1.165) is 17.7 Å². The highest BCUT2D eigenvalue weighted by Crippen LogP contribution is 2.30. The van der Waals surface area contributed by atoms with E-state index in [1.54, 1.807) is 12.1 Å². The second-order valence-electron chi connectivity index (χ2n) is 7.45. The molecule has 0 bridgehead atoms. The van der Waals surface area contributed by atoms with Crippen LogP contribution in [0, 0.1) is 0 Å². The molecular formula is C22H18ClF3N4O3S. The Morgan fingerprint density at radius 3 is 2.44 bits per heavy atom. The van der Waals surface area contributed by atoms with Gasteiger partial charge in [0.1, 0.15) is 4.90 Å². The van der Waals surface area contributed by atoms with Gasteiger partial charge in [-0.25, -0.2) is 22.6 Å². The van der Waals surface area contributed by atoms with Crippen LogP contribution in [0.3, 0.4) is 0 Å². The Bertz CT molecular complexity index is 1580. The molecule has 0 amide bonds. The van der Waals surface area contributed by atoms with Crippen molar-refractivity contribution in [3.63, 3.8) is 0 Å². The van der Waals surface area contributed by atoms with Crippen molar-refractivity contribution in [2.24, 2.45) is 0 Å². The molecule has 0 N–H and O–H groups in total. The summed E-state index contributed by atoms with van der Waals surface area (Å²) in [5.41, 5.74) is -0.105. The van der Waals surface area contributed by atoms with E-state index in [4.69, 9.17) is 11.6 Å². The number of rotatable bonds is 5. The fraction of sp³-hybridized carbons (Fsp3) is 0.227. The number of halogens is 4. The van der Waals surface area contributed by atoms with Crippen molar-refractivity contribution in [1.29, 1.82) is 0 Å². The van der Waals surface area contributed by atoms with E-state index in [1.807, 2.05) is 13.0 Å². The van der Waals surface area contributed by atoms with Crippen molar-refractivity contribution in [2.45, 2.75) is 31.3 Å². The lowest BCUT2D eigenvalue weighted by atomic mass is 10.0. The van der Waals surface area contributed by atoms with E-state index in [2.05, 4.69) is 10.1 Å². The van der Waals surface area contributed by atoms with Gasteiger partial charge in [-0.3, -0.25) is 0 Å². The number of hydrogen-bond donors (Lipinski definition) is 0. The van der Waals surface area contributed by atoms with Gasteiger partial charge in [0.2, 0.25) is 0 Å². The Labute approximate surface area is 197 Å². The fourth-order valence-corrected chi connectivity index (χ4v) is 4.73. The maximum absolute atomic E-state index is 13.1. The first-order valence-corrected chi connectivity index (χ1v) is 12.2. The minimum atomic E-state index is -4.66. The molecule has 1 aromatic carbocycles. The van der Waals surface area contributed by atoms with Crippen molar-refractivity contribution >= 4 is 27.1 Å². The number of alkyl halides is 3. The van der Waals surface area contributed by atoms with Crippen molar-refractivity contribution in [3.8, 4) is 16.9 Å². The molecule has 7 nitrogen and oxygen atoms in total. The smallest absolute Gasteiger partial charge is 0.249 e. The van der Waals surface area contributed by atoms with Crippen LogP contribution in [0.25, 0.3) is 22.6 Å². The number of hydrogen-bond acceptors (Lipinski definition) is 5. The standard InChI is InChI=1S/C22H18ClF3N4O3S/c1-3-13-9-14(5-7-17(13)23)15-10-18(34(32,33)4-2)20(27-11-15)30-21(31)29-12-16(22(24,25)26)6-8-19(29)28-30/h5-12H,3-4H2,1-2H3. The first-order valence-electron chi connectivity index (χ1n) is 10.2. The summed E-state index contributed by atoms with van der Waals surface area (Å²) in [6.07, 6.45) is -2.01. The number of fused-ring (bicyclic) bond motifs is 1. The number of aromatic nitrogens is 4. The molecule has 0 aliphatic heterocycles. The number of pyridine rings is 2. The SMILES string of the molecule is CCc1cc(-c2cnc(-n3nc4ccc(C(F)(F)F)cn4c3=O)c(S(=O)(=O)CC)c2)ccc1Cl. The highest BCUT2D eigenvalue weighted by Gasteiger charge is 2.31. The summed E-state index contributed by atoms with van der Waals surface area (Å²) in [4.78, 5) is 16.8. The van der Waals surface area contributed by atoms with E-state index in [1.165, 1.54) is 19.2 Å². The summed E-state index contributed by atoms with van der Waals surface area (Å²) in [5, 5.41) is 4.59.